The van der Waals surface area contributed by atoms with Crippen molar-refractivity contribution in [1.29, 1.82) is 0 Å². The van der Waals surface area contributed by atoms with Crippen molar-refractivity contribution in [3.8, 4) is 5.75 Å². The maximum absolute atomic E-state index is 5.78. The molecule has 1 rings (SSSR count). The van der Waals surface area contributed by atoms with E-state index in [1.807, 2.05) is 7.05 Å². The molecule has 0 saturated heterocycles. The number of rotatable bonds is 8. The van der Waals surface area contributed by atoms with Crippen molar-refractivity contribution in [3.05, 3.63) is 17.7 Å². The van der Waals surface area contributed by atoms with Crippen LogP contribution in [0.5, 0.6) is 5.75 Å². The summed E-state index contributed by atoms with van der Waals surface area (Å²) < 4.78 is 5.78. The predicted molar refractivity (Wildman–Crippen MR) is 77.6 cm³/mol. The Morgan fingerprint density at radius 3 is 2.68 bits per heavy atom. The molecule has 0 unspecified atom stereocenters. The van der Waals surface area contributed by atoms with Crippen LogP contribution in [-0.4, -0.2) is 49.2 Å². The minimum Gasteiger partial charge on any atom is -0.490 e. The molecule has 1 aromatic heterocycles. The Morgan fingerprint density at radius 2 is 2.11 bits per heavy atom. The minimum atomic E-state index is 0.332. The van der Waals surface area contributed by atoms with E-state index in [0.29, 0.717) is 19.1 Å². The molecule has 0 bridgehead atoms. The van der Waals surface area contributed by atoms with Crippen molar-refractivity contribution >= 4 is 0 Å². The topological polar surface area (TPSA) is 50.3 Å². The number of nitrogens with zero attached hydrogens (tertiary/aromatic N) is 3. The maximum atomic E-state index is 5.78. The SMILES string of the molecule is CNCc1nc(C(C)C)ncc1OCCCN(C)C. The van der Waals surface area contributed by atoms with Crippen molar-refractivity contribution in [2.45, 2.75) is 32.7 Å². The van der Waals surface area contributed by atoms with Crippen LogP contribution < -0.4 is 10.1 Å². The molecule has 0 aromatic carbocycles. The van der Waals surface area contributed by atoms with Gasteiger partial charge in [0, 0.05) is 19.0 Å². The van der Waals surface area contributed by atoms with Gasteiger partial charge in [0.05, 0.1) is 18.5 Å². The van der Waals surface area contributed by atoms with Gasteiger partial charge in [-0.05, 0) is 27.6 Å². The van der Waals surface area contributed by atoms with Crippen LogP contribution >= 0.6 is 0 Å². The van der Waals surface area contributed by atoms with Gasteiger partial charge in [-0.15, -0.1) is 0 Å². The van der Waals surface area contributed by atoms with E-state index in [1.54, 1.807) is 6.20 Å². The second-order valence-corrected chi connectivity index (χ2v) is 5.23. The number of hydrogen-bond acceptors (Lipinski definition) is 5. The summed E-state index contributed by atoms with van der Waals surface area (Å²) in [6, 6.07) is 0. The summed E-state index contributed by atoms with van der Waals surface area (Å²) in [5.41, 5.74) is 0.936. The first kappa shape index (κ1) is 15.9. The van der Waals surface area contributed by atoms with E-state index in [1.165, 1.54) is 0 Å². The lowest BCUT2D eigenvalue weighted by molar-refractivity contribution is 0.276. The average Bonchev–Trinajstić information content (AvgIpc) is 2.35. The van der Waals surface area contributed by atoms with Gasteiger partial charge in [0.1, 0.15) is 5.82 Å². The van der Waals surface area contributed by atoms with Crippen LogP contribution in [0, 0.1) is 0 Å². The Labute approximate surface area is 116 Å². The number of hydrogen-bond donors (Lipinski definition) is 1. The molecule has 0 saturated carbocycles. The molecule has 5 heteroatoms. The average molecular weight is 266 g/mol. The van der Waals surface area contributed by atoms with Crippen LogP contribution in [0.3, 0.4) is 0 Å². The molecule has 1 aromatic rings. The van der Waals surface area contributed by atoms with Gasteiger partial charge in [-0.3, -0.25) is 0 Å². The standard InChI is InChI=1S/C14H26N4O/c1-11(2)14-16-10-13(12(17-14)9-15-3)19-8-6-7-18(4)5/h10-11,15H,6-9H2,1-5H3. The summed E-state index contributed by atoms with van der Waals surface area (Å²) in [7, 11) is 6.03. The summed E-state index contributed by atoms with van der Waals surface area (Å²) in [5.74, 6) is 1.99. The third kappa shape index (κ3) is 5.53. The molecule has 5 nitrogen and oxygen atoms in total. The highest BCUT2D eigenvalue weighted by Crippen LogP contribution is 2.18. The third-order valence-electron chi connectivity index (χ3n) is 2.72. The summed E-state index contributed by atoms with van der Waals surface area (Å²) in [4.78, 5) is 11.1. The van der Waals surface area contributed by atoms with Gasteiger partial charge in [-0.1, -0.05) is 13.8 Å². The maximum Gasteiger partial charge on any atom is 0.160 e. The first-order valence-corrected chi connectivity index (χ1v) is 6.82. The van der Waals surface area contributed by atoms with Crippen molar-refractivity contribution in [2.75, 3.05) is 34.3 Å². The van der Waals surface area contributed by atoms with Crippen LogP contribution in [0.25, 0.3) is 0 Å². The molecule has 0 amide bonds. The lowest BCUT2D eigenvalue weighted by atomic mass is 10.2. The molecule has 0 atom stereocenters. The minimum absolute atomic E-state index is 0.332. The van der Waals surface area contributed by atoms with Gasteiger partial charge < -0.3 is 15.0 Å². The van der Waals surface area contributed by atoms with Crippen LogP contribution in [0.4, 0.5) is 0 Å². The van der Waals surface area contributed by atoms with Crippen LogP contribution in [0.15, 0.2) is 6.20 Å². The highest BCUT2D eigenvalue weighted by atomic mass is 16.5. The van der Waals surface area contributed by atoms with Gasteiger partial charge in [0.25, 0.3) is 0 Å². The highest BCUT2D eigenvalue weighted by molar-refractivity contribution is 5.25. The Kier molecular flexibility index (Phi) is 6.73. The van der Waals surface area contributed by atoms with Crippen LogP contribution in [-0.2, 0) is 6.54 Å². The van der Waals surface area contributed by atoms with E-state index >= 15 is 0 Å². The Bertz CT molecular complexity index is 380. The first-order valence-electron chi connectivity index (χ1n) is 6.82. The van der Waals surface area contributed by atoms with Crippen LogP contribution in [0.2, 0.25) is 0 Å². The second kappa shape index (κ2) is 8.07. The van der Waals surface area contributed by atoms with E-state index in [-0.39, 0.29) is 0 Å². The zero-order valence-corrected chi connectivity index (χ0v) is 12.7. The van der Waals surface area contributed by atoms with Crippen molar-refractivity contribution < 1.29 is 4.74 Å². The molecule has 0 radical (unpaired) electrons. The molecule has 0 fully saturated rings. The Hall–Kier alpha value is -1.20. The molecule has 0 spiro atoms. The van der Waals surface area contributed by atoms with Crippen LogP contribution in [0.1, 0.15) is 37.7 Å². The summed E-state index contributed by atoms with van der Waals surface area (Å²) in [6.07, 6.45) is 2.79. The molecule has 1 heterocycles. The van der Waals surface area contributed by atoms with Gasteiger partial charge in [0.2, 0.25) is 0 Å². The molecule has 108 valence electrons. The molecule has 0 aliphatic heterocycles. The Morgan fingerprint density at radius 1 is 1.37 bits per heavy atom. The molecular formula is C14H26N4O. The zero-order valence-electron chi connectivity index (χ0n) is 12.7. The zero-order chi connectivity index (χ0) is 14.3. The third-order valence-corrected chi connectivity index (χ3v) is 2.72. The summed E-state index contributed by atoms with van der Waals surface area (Å²) >= 11 is 0. The largest absolute Gasteiger partial charge is 0.490 e. The molecular weight excluding hydrogens is 240 g/mol. The van der Waals surface area contributed by atoms with E-state index in [2.05, 4.69) is 48.1 Å². The highest BCUT2D eigenvalue weighted by Gasteiger charge is 2.10. The van der Waals surface area contributed by atoms with E-state index < -0.39 is 0 Å². The first-order chi connectivity index (χ1) is 9.04. The summed E-state index contributed by atoms with van der Waals surface area (Å²) in [6.45, 7) is 6.60. The summed E-state index contributed by atoms with van der Waals surface area (Å²) in [5, 5.41) is 3.12. The van der Waals surface area contributed by atoms with Crippen molar-refractivity contribution in [2.24, 2.45) is 0 Å². The lowest BCUT2D eigenvalue weighted by Crippen LogP contribution is -2.17. The van der Waals surface area contributed by atoms with E-state index in [9.17, 15) is 0 Å². The number of aromatic nitrogens is 2. The quantitative estimate of drug-likeness (QED) is 0.725. The molecule has 0 aliphatic rings. The molecule has 0 aliphatic carbocycles. The normalized spacial score (nSPS) is 11.3. The van der Waals surface area contributed by atoms with Gasteiger partial charge in [-0.2, -0.15) is 0 Å². The Balaban J connectivity index is 2.65. The monoisotopic (exact) mass is 266 g/mol. The second-order valence-electron chi connectivity index (χ2n) is 5.23. The number of nitrogens with one attached hydrogen (secondary N) is 1. The predicted octanol–water partition coefficient (Wildman–Crippen LogP) is 1.65. The van der Waals surface area contributed by atoms with Crippen molar-refractivity contribution in [3.63, 3.8) is 0 Å². The fourth-order valence-corrected chi connectivity index (χ4v) is 1.68. The fourth-order valence-electron chi connectivity index (χ4n) is 1.68. The van der Waals surface area contributed by atoms with Gasteiger partial charge in [-0.25, -0.2) is 9.97 Å². The lowest BCUT2D eigenvalue weighted by Gasteiger charge is -2.14. The smallest absolute Gasteiger partial charge is 0.160 e. The van der Waals surface area contributed by atoms with E-state index in [4.69, 9.17) is 4.74 Å². The number of ether oxygens (including phenoxy) is 1. The molecule has 1 N–H and O–H groups in total. The molecule has 19 heavy (non-hydrogen) atoms. The van der Waals surface area contributed by atoms with Gasteiger partial charge >= 0.3 is 0 Å². The van der Waals surface area contributed by atoms with E-state index in [0.717, 1.165) is 30.2 Å². The fraction of sp³-hybridized carbons (Fsp3) is 0.714. The van der Waals surface area contributed by atoms with Crippen molar-refractivity contribution in [1.82, 2.24) is 20.2 Å². The van der Waals surface area contributed by atoms with Gasteiger partial charge in [0.15, 0.2) is 5.75 Å².